The number of alkyl halides is 2. The Bertz CT molecular complexity index is 1160. The maximum absolute atomic E-state index is 15.5. The summed E-state index contributed by atoms with van der Waals surface area (Å²) in [5.41, 5.74) is -0.135. The maximum Gasteiger partial charge on any atom is 0.298 e. The van der Waals surface area contributed by atoms with E-state index in [1.54, 1.807) is 19.1 Å². The Hall–Kier alpha value is -3.73. The van der Waals surface area contributed by atoms with E-state index < -0.39 is 47.1 Å². The summed E-state index contributed by atoms with van der Waals surface area (Å²) in [4.78, 5) is 3.76. The number of benzene rings is 2. The highest BCUT2D eigenvalue weighted by Gasteiger charge is 2.45. The topological polar surface area (TPSA) is 89.8 Å². The van der Waals surface area contributed by atoms with Gasteiger partial charge in [0.05, 0.1) is 12.1 Å². The van der Waals surface area contributed by atoms with Gasteiger partial charge >= 0.3 is 0 Å². The minimum absolute atomic E-state index is 0.125. The van der Waals surface area contributed by atoms with Gasteiger partial charge in [0.1, 0.15) is 41.8 Å². The Morgan fingerprint density at radius 3 is 2.47 bits per heavy atom. The predicted octanol–water partition coefficient (Wildman–Crippen LogP) is 4.34. The molecule has 1 atom stereocenters. The molecule has 3 rings (SSSR count). The number of hydrogen-bond acceptors (Lipinski definition) is 5. The quantitative estimate of drug-likeness (QED) is 0.157. The van der Waals surface area contributed by atoms with Crippen molar-refractivity contribution in [1.82, 2.24) is 9.99 Å². The minimum atomic E-state index is -3.74. The van der Waals surface area contributed by atoms with Crippen molar-refractivity contribution in [2.24, 2.45) is 16.8 Å². The smallest absolute Gasteiger partial charge is 0.298 e. The number of ether oxygens (including phenoxy) is 1. The third kappa shape index (κ3) is 5.79. The van der Waals surface area contributed by atoms with E-state index in [0.29, 0.717) is 6.07 Å². The van der Waals surface area contributed by atoms with E-state index in [-0.39, 0.29) is 17.9 Å². The number of aromatic nitrogens is 1. The second-order valence-electron chi connectivity index (χ2n) is 7.57. The Labute approximate surface area is 192 Å². The minimum Gasteiger partial charge on any atom is -0.487 e. The molecular weight excluding hydrogens is 457 g/mol. The summed E-state index contributed by atoms with van der Waals surface area (Å²) in [5, 5.41) is 3.92. The van der Waals surface area contributed by atoms with Crippen LogP contribution >= 0.6 is 0 Å². The van der Waals surface area contributed by atoms with Crippen LogP contribution in [0.2, 0.25) is 0 Å². The van der Waals surface area contributed by atoms with Crippen molar-refractivity contribution in [3.8, 4) is 5.75 Å². The molecule has 0 fully saturated rings. The van der Waals surface area contributed by atoms with Gasteiger partial charge in [0.25, 0.3) is 5.92 Å². The summed E-state index contributed by atoms with van der Waals surface area (Å²) in [6.45, 7) is 1.00. The lowest BCUT2D eigenvalue weighted by molar-refractivity contribution is -0.0443. The molecule has 0 bridgehead atoms. The molecule has 0 saturated carbocycles. The van der Waals surface area contributed by atoms with E-state index in [2.05, 4.69) is 10.1 Å². The van der Waals surface area contributed by atoms with Crippen molar-refractivity contribution in [2.45, 2.75) is 25.4 Å². The van der Waals surface area contributed by atoms with E-state index in [1.807, 2.05) is 0 Å². The van der Waals surface area contributed by atoms with Crippen LogP contribution in [0.5, 0.6) is 5.75 Å². The highest BCUT2D eigenvalue weighted by molar-refractivity contribution is 5.53. The molecule has 6 nitrogen and oxygen atoms in total. The molecule has 34 heavy (non-hydrogen) atoms. The summed E-state index contributed by atoms with van der Waals surface area (Å²) in [6, 6.07) is 9.17. The molecule has 0 amide bonds. The lowest BCUT2D eigenvalue weighted by Gasteiger charge is -2.29. The molecule has 0 aliphatic carbocycles. The number of pyridine rings is 1. The van der Waals surface area contributed by atoms with Crippen LogP contribution in [0, 0.1) is 24.4 Å². The lowest BCUT2D eigenvalue weighted by atomic mass is 9.89. The summed E-state index contributed by atoms with van der Waals surface area (Å²) in [6.07, 6.45) is 1.94. The van der Waals surface area contributed by atoms with Gasteiger partial charge in [-0.05, 0) is 42.3 Å². The van der Waals surface area contributed by atoms with Crippen LogP contribution in [0.4, 0.5) is 22.0 Å². The summed E-state index contributed by atoms with van der Waals surface area (Å²) >= 11 is 0. The summed E-state index contributed by atoms with van der Waals surface area (Å²) in [5.74, 6) is 2.62. The highest BCUT2D eigenvalue weighted by atomic mass is 19.3. The number of aryl methyl sites for hydroxylation is 1. The van der Waals surface area contributed by atoms with Crippen LogP contribution in [0.25, 0.3) is 0 Å². The number of hydrazine groups is 1. The lowest BCUT2D eigenvalue weighted by Crippen LogP contribution is -2.40. The number of hydrazone groups is 1. The normalized spacial score (nSPS) is 12.7. The summed E-state index contributed by atoms with van der Waals surface area (Å²) < 4.78 is 78.1. The van der Waals surface area contributed by atoms with Crippen molar-refractivity contribution in [1.29, 1.82) is 0 Å². The van der Waals surface area contributed by atoms with Crippen LogP contribution in [0.15, 0.2) is 59.8 Å². The zero-order valence-electron chi connectivity index (χ0n) is 18.1. The van der Waals surface area contributed by atoms with Gasteiger partial charge in [0.2, 0.25) is 0 Å². The van der Waals surface area contributed by atoms with E-state index in [0.717, 1.165) is 41.3 Å². The molecule has 1 aromatic heterocycles. The molecule has 180 valence electrons. The Morgan fingerprint density at radius 1 is 1.09 bits per heavy atom. The second-order valence-corrected chi connectivity index (χ2v) is 7.57. The van der Waals surface area contributed by atoms with Crippen molar-refractivity contribution >= 4 is 6.34 Å². The first kappa shape index (κ1) is 24.9. The van der Waals surface area contributed by atoms with Gasteiger partial charge in [0, 0.05) is 18.2 Å². The number of hydrogen-bond donors (Lipinski definition) is 2. The van der Waals surface area contributed by atoms with Crippen LogP contribution < -0.4 is 16.4 Å². The van der Waals surface area contributed by atoms with Gasteiger partial charge in [-0.2, -0.15) is 13.9 Å². The van der Waals surface area contributed by atoms with E-state index in [4.69, 9.17) is 16.4 Å². The van der Waals surface area contributed by atoms with Crippen molar-refractivity contribution in [3.05, 3.63) is 94.6 Å². The van der Waals surface area contributed by atoms with Gasteiger partial charge < -0.3 is 10.6 Å². The first-order valence-electron chi connectivity index (χ1n) is 10.0. The zero-order valence-corrected chi connectivity index (χ0v) is 18.1. The fourth-order valence-corrected chi connectivity index (χ4v) is 3.31. The highest BCUT2D eigenvalue weighted by Crippen LogP contribution is 2.42. The van der Waals surface area contributed by atoms with Gasteiger partial charge in [-0.1, -0.05) is 18.2 Å². The first-order chi connectivity index (χ1) is 16.1. The number of rotatable bonds is 9. The number of nitrogens with zero attached hydrogens (tertiary/aromatic N) is 3. The van der Waals surface area contributed by atoms with Gasteiger partial charge in [-0.15, -0.1) is 0 Å². The summed E-state index contributed by atoms with van der Waals surface area (Å²) in [7, 11) is 0. The van der Waals surface area contributed by atoms with Crippen molar-refractivity contribution in [3.63, 3.8) is 0 Å². The Balaban J connectivity index is 1.85. The Kier molecular flexibility index (Phi) is 7.67. The third-order valence-electron chi connectivity index (χ3n) is 5.06. The van der Waals surface area contributed by atoms with Gasteiger partial charge in [0.15, 0.2) is 0 Å². The number of halogens is 5. The molecule has 0 spiro atoms. The van der Waals surface area contributed by atoms with E-state index in [9.17, 15) is 13.2 Å². The maximum atomic E-state index is 15.5. The van der Waals surface area contributed by atoms with E-state index >= 15 is 8.78 Å². The second kappa shape index (κ2) is 10.5. The average molecular weight is 479 g/mol. The van der Waals surface area contributed by atoms with Crippen LogP contribution in [-0.2, 0) is 12.5 Å². The SMILES string of the molecule is Cc1ccc(COc2ccc(C(F)(F)C(CN(N)/C=N\N)c3ccc(F)cc3F)nc2)c(F)c1. The van der Waals surface area contributed by atoms with E-state index in [1.165, 1.54) is 12.1 Å². The molecule has 0 saturated heterocycles. The molecule has 0 aliphatic rings. The average Bonchev–Trinajstić information content (AvgIpc) is 2.78. The standard InChI is InChI=1S/C23H22F5N5O/c1-14-2-3-15(20(25)8-14)12-34-17-5-7-22(31-10-17)23(27,28)19(11-33(30)13-32-29)18-6-4-16(24)9-21(18)26/h2-10,13,19H,11-12,29-30H2,1H3/b32-13-. The molecule has 1 heterocycles. The molecule has 2 aromatic carbocycles. The molecule has 0 radical (unpaired) electrons. The zero-order chi connectivity index (χ0) is 24.9. The molecule has 4 N–H and O–H groups in total. The number of nitrogens with two attached hydrogens (primary N) is 2. The fraction of sp³-hybridized carbons (Fsp3) is 0.217. The van der Waals surface area contributed by atoms with Crippen LogP contribution in [-0.4, -0.2) is 22.9 Å². The van der Waals surface area contributed by atoms with Crippen molar-refractivity contribution < 1.29 is 26.7 Å². The fourth-order valence-electron chi connectivity index (χ4n) is 3.31. The molecule has 11 heteroatoms. The van der Waals surface area contributed by atoms with Crippen LogP contribution in [0.1, 0.15) is 28.3 Å². The van der Waals surface area contributed by atoms with Gasteiger partial charge in [-0.25, -0.2) is 19.0 Å². The molecular formula is C23H22F5N5O. The van der Waals surface area contributed by atoms with Gasteiger partial charge in [-0.3, -0.25) is 9.99 Å². The first-order valence-corrected chi connectivity index (χ1v) is 10.0. The largest absolute Gasteiger partial charge is 0.487 e. The molecule has 3 aromatic rings. The Morgan fingerprint density at radius 2 is 1.85 bits per heavy atom. The molecule has 1 unspecified atom stereocenters. The third-order valence-corrected chi connectivity index (χ3v) is 5.06. The van der Waals surface area contributed by atoms with Crippen molar-refractivity contribution in [2.75, 3.05) is 6.54 Å². The predicted molar refractivity (Wildman–Crippen MR) is 116 cm³/mol. The molecule has 0 aliphatic heterocycles. The van der Waals surface area contributed by atoms with Crippen LogP contribution in [0.3, 0.4) is 0 Å². The monoisotopic (exact) mass is 479 g/mol.